The van der Waals surface area contributed by atoms with Crippen LogP contribution in [0.2, 0.25) is 0 Å². The molecule has 1 atom stereocenters. The van der Waals surface area contributed by atoms with Gasteiger partial charge in [-0.1, -0.05) is 0 Å². The number of hydrogen-bond donors (Lipinski definition) is 1. The molecule has 0 aromatic heterocycles. The summed E-state index contributed by atoms with van der Waals surface area (Å²) in [6.07, 6.45) is 4.21. The molecule has 1 N–H and O–H groups in total. The third-order valence-electron chi connectivity index (χ3n) is 2.94. The van der Waals surface area contributed by atoms with Gasteiger partial charge in [0, 0.05) is 25.2 Å². The minimum Gasteiger partial charge on any atom is -0.396 e. The fraction of sp³-hybridized carbons (Fsp3) is 1.00. The van der Waals surface area contributed by atoms with Crippen LogP contribution in [0.25, 0.3) is 0 Å². The maximum absolute atomic E-state index is 9.38. The van der Waals surface area contributed by atoms with Crippen molar-refractivity contribution in [3.8, 4) is 0 Å². The fourth-order valence-corrected chi connectivity index (χ4v) is 2.00. The summed E-state index contributed by atoms with van der Waals surface area (Å²) in [5.74, 6) is 0. The normalized spacial score (nSPS) is 27.9. The molecule has 1 saturated heterocycles. The van der Waals surface area contributed by atoms with Gasteiger partial charge in [-0.05, 0) is 32.6 Å². The second-order valence-electron chi connectivity index (χ2n) is 4.11. The third kappa shape index (κ3) is 3.56. The molecule has 0 aromatic carbocycles. The molecule has 0 aliphatic carbocycles. The Morgan fingerprint density at radius 1 is 1.50 bits per heavy atom. The number of aliphatic hydroxyl groups is 1. The molecule has 0 aromatic rings. The molecular formula is C11H22O3. The van der Waals surface area contributed by atoms with E-state index in [4.69, 9.17) is 9.47 Å². The first-order valence-corrected chi connectivity index (χ1v) is 5.59. The number of hydrogen-bond acceptors (Lipinski definition) is 3. The molecule has 84 valence electrons. The maximum Gasteiger partial charge on any atom is 0.0544 e. The van der Waals surface area contributed by atoms with Crippen molar-refractivity contribution in [2.75, 3.05) is 33.0 Å². The molecule has 0 spiro atoms. The summed E-state index contributed by atoms with van der Waals surface area (Å²) in [7, 11) is 0. The molecule has 1 rings (SSSR count). The summed E-state index contributed by atoms with van der Waals surface area (Å²) in [4.78, 5) is 0. The molecule has 3 heteroatoms. The number of aliphatic hydroxyl groups excluding tert-OH is 1. The lowest BCUT2D eigenvalue weighted by molar-refractivity contribution is -0.0466. The van der Waals surface area contributed by atoms with Crippen LogP contribution in [0, 0.1) is 5.41 Å². The van der Waals surface area contributed by atoms with E-state index in [1.165, 1.54) is 0 Å². The summed E-state index contributed by atoms with van der Waals surface area (Å²) in [6, 6.07) is 0. The van der Waals surface area contributed by atoms with Crippen molar-refractivity contribution in [3.63, 3.8) is 0 Å². The van der Waals surface area contributed by atoms with E-state index < -0.39 is 0 Å². The topological polar surface area (TPSA) is 38.7 Å². The highest BCUT2D eigenvalue weighted by Crippen LogP contribution is 2.32. The Kier molecular flexibility index (Phi) is 5.45. The van der Waals surface area contributed by atoms with Gasteiger partial charge in [0.05, 0.1) is 13.2 Å². The molecule has 1 heterocycles. The van der Waals surface area contributed by atoms with Crippen molar-refractivity contribution in [2.45, 2.75) is 32.6 Å². The highest BCUT2D eigenvalue weighted by Gasteiger charge is 2.31. The van der Waals surface area contributed by atoms with Gasteiger partial charge in [-0.25, -0.2) is 0 Å². The second kappa shape index (κ2) is 6.38. The van der Waals surface area contributed by atoms with Crippen molar-refractivity contribution in [1.29, 1.82) is 0 Å². The number of rotatable bonds is 6. The quantitative estimate of drug-likeness (QED) is 0.665. The van der Waals surface area contributed by atoms with Gasteiger partial charge in [0.1, 0.15) is 0 Å². The van der Waals surface area contributed by atoms with Crippen LogP contribution < -0.4 is 0 Å². The van der Waals surface area contributed by atoms with E-state index in [0.29, 0.717) is 0 Å². The van der Waals surface area contributed by atoms with Gasteiger partial charge in [0.25, 0.3) is 0 Å². The van der Waals surface area contributed by atoms with E-state index in [0.717, 1.165) is 52.1 Å². The van der Waals surface area contributed by atoms with Gasteiger partial charge in [-0.2, -0.15) is 0 Å². The molecule has 1 unspecified atom stereocenters. The Bertz CT molecular complexity index is 141. The van der Waals surface area contributed by atoms with E-state index in [1.807, 2.05) is 6.92 Å². The van der Waals surface area contributed by atoms with Crippen LogP contribution in [-0.4, -0.2) is 38.1 Å². The zero-order valence-corrected chi connectivity index (χ0v) is 9.13. The van der Waals surface area contributed by atoms with E-state index >= 15 is 0 Å². The first-order chi connectivity index (χ1) is 6.83. The van der Waals surface area contributed by atoms with Gasteiger partial charge in [0.15, 0.2) is 0 Å². The minimum absolute atomic E-state index is 0.0232. The van der Waals surface area contributed by atoms with Crippen molar-refractivity contribution < 1.29 is 14.6 Å². The van der Waals surface area contributed by atoms with Gasteiger partial charge >= 0.3 is 0 Å². The van der Waals surface area contributed by atoms with Gasteiger partial charge in [-0.15, -0.1) is 0 Å². The average molecular weight is 202 g/mol. The highest BCUT2D eigenvalue weighted by molar-refractivity contribution is 4.80. The largest absolute Gasteiger partial charge is 0.396 e. The van der Waals surface area contributed by atoms with E-state index in [1.54, 1.807) is 0 Å². The van der Waals surface area contributed by atoms with Gasteiger partial charge in [0.2, 0.25) is 0 Å². The molecule has 0 amide bonds. The molecule has 3 nitrogen and oxygen atoms in total. The molecular weight excluding hydrogens is 180 g/mol. The van der Waals surface area contributed by atoms with Gasteiger partial charge in [-0.3, -0.25) is 0 Å². The highest BCUT2D eigenvalue weighted by atomic mass is 16.5. The summed E-state index contributed by atoms with van der Waals surface area (Å²) < 4.78 is 10.7. The van der Waals surface area contributed by atoms with Crippen LogP contribution in [0.3, 0.4) is 0 Å². The third-order valence-corrected chi connectivity index (χ3v) is 2.94. The van der Waals surface area contributed by atoms with Crippen LogP contribution in [0.5, 0.6) is 0 Å². The summed E-state index contributed by atoms with van der Waals surface area (Å²) >= 11 is 0. The maximum atomic E-state index is 9.38. The Morgan fingerprint density at radius 2 is 2.36 bits per heavy atom. The van der Waals surface area contributed by atoms with Crippen LogP contribution in [0.1, 0.15) is 32.6 Å². The first-order valence-electron chi connectivity index (χ1n) is 5.59. The number of ether oxygens (including phenoxy) is 2. The van der Waals surface area contributed by atoms with E-state index in [2.05, 4.69) is 0 Å². The first kappa shape index (κ1) is 12.0. The fourth-order valence-electron chi connectivity index (χ4n) is 2.00. The Morgan fingerprint density at radius 3 is 2.93 bits per heavy atom. The molecule has 0 radical (unpaired) electrons. The predicted molar refractivity (Wildman–Crippen MR) is 55.3 cm³/mol. The average Bonchev–Trinajstić information content (AvgIpc) is 2.26. The SMILES string of the molecule is CCOCCCC1(CO)CCCOC1. The monoisotopic (exact) mass is 202 g/mol. The lowest BCUT2D eigenvalue weighted by Gasteiger charge is -2.35. The Hall–Kier alpha value is -0.120. The zero-order chi connectivity index (χ0) is 10.3. The molecule has 0 saturated carbocycles. The summed E-state index contributed by atoms with van der Waals surface area (Å²) in [5.41, 5.74) is 0.0232. The van der Waals surface area contributed by atoms with Crippen LogP contribution in [-0.2, 0) is 9.47 Å². The molecule has 14 heavy (non-hydrogen) atoms. The predicted octanol–water partition coefficient (Wildman–Crippen LogP) is 1.59. The summed E-state index contributed by atoms with van der Waals surface area (Å²) in [5, 5.41) is 9.38. The lowest BCUT2D eigenvalue weighted by Crippen LogP contribution is -2.35. The van der Waals surface area contributed by atoms with Crippen molar-refractivity contribution in [3.05, 3.63) is 0 Å². The smallest absolute Gasteiger partial charge is 0.0544 e. The Labute approximate surface area is 86.4 Å². The summed E-state index contributed by atoms with van der Waals surface area (Å²) in [6.45, 7) is 5.41. The molecule has 1 aliphatic rings. The lowest BCUT2D eigenvalue weighted by atomic mass is 9.79. The van der Waals surface area contributed by atoms with Crippen molar-refractivity contribution in [1.82, 2.24) is 0 Å². The van der Waals surface area contributed by atoms with Crippen LogP contribution >= 0.6 is 0 Å². The van der Waals surface area contributed by atoms with Crippen molar-refractivity contribution >= 4 is 0 Å². The van der Waals surface area contributed by atoms with Crippen LogP contribution in [0.15, 0.2) is 0 Å². The standard InChI is InChI=1S/C11H22O3/c1-2-13-7-3-5-11(9-12)6-4-8-14-10-11/h12H,2-10H2,1H3. The van der Waals surface area contributed by atoms with E-state index in [-0.39, 0.29) is 12.0 Å². The minimum atomic E-state index is 0.0232. The van der Waals surface area contributed by atoms with Gasteiger partial charge < -0.3 is 14.6 Å². The van der Waals surface area contributed by atoms with E-state index in [9.17, 15) is 5.11 Å². The zero-order valence-electron chi connectivity index (χ0n) is 9.13. The van der Waals surface area contributed by atoms with Crippen LogP contribution in [0.4, 0.5) is 0 Å². The molecule has 0 bridgehead atoms. The van der Waals surface area contributed by atoms with Crippen molar-refractivity contribution in [2.24, 2.45) is 5.41 Å². The molecule has 1 aliphatic heterocycles. The molecule has 1 fully saturated rings. The Balaban J connectivity index is 2.22. The second-order valence-corrected chi connectivity index (χ2v) is 4.11.